The van der Waals surface area contributed by atoms with Crippen LogP contribution in [-0.4, -0.2) is 38.9 Å². The Hall–Kier alpha value is -1.82. The molecule has 2 fully saturated rings. The van der Waals surface area contributed by atoms with Crippen LogP contribution in [0.5, 0.6) is 0 Å². The van der Waals surface area contributed by atoms with Crippen molar-refractivity contribution >= 4 is 33.4 Å². The summed E-state index contributed by atoms with van der Waals surface area (Å²) in [6.07, 6.45) is 9.96. The molecule has 6 heteroatoms. The van der Waals surface area contributed by atoms with Gasteiger partial charge in [-0.1, -0.05) is 26.2 Å². The van der Waals surface area contributed by atoms with Crippen molar-refractivity contribution in [3.63, 3.8) is 0 Å². The smallest absolute Gasteiger partial charge is 0.271 e. The zero-order valence-electron chi connectivity index (χ0n) is 18.2. The number of carbonyl (C=O) groups excluding carboxylic acids is 2. The summed E-state index contributed by atoms with van der Waals surface area (Å²) in [6, 6.07) is 4.50. The molecule has 2 aromatic rings. The first-order chi connectivity index (χ1) is 14.5. The van der Waals surface area contributed by atoms with Crippen molar-refractivity contribution in [3.05, 3.63) is 23.2 Å². The van der Waals surface area contributed by atoms with E-state index >= 15 is 0 Å². The lowest BCUT2D eigenvalue weighted by atomic mass is 9.85. The van der Waals surface area contributed by atoms with E-state index < -0.39 is 5.54 Å². The summed E-state index contributed by atoms with van der Waals surface area (Å²) in [7, 11) is 0. The molecule has 2 saturated carbocycles. The third-order valence-electron chi connectivity index (χ3n) is 7.74. The fourth-order valence-electron chi connectivity index (χ4n) is 5.89. The van der Waals surface area contributed by atoms with Gasteiger partial charge in [-0.25, -0.2) is 0 Å². The van der Waals surface area contributed by atoms with Gasteiger partial charge in [0.25, 0.3) is 5.91 Å². The molecule has 1 aliphatic heterocycles. The van der Waals surface area contributed by atoms with Crippen molar-refractivity contribution < 1.29 is 9.59 Å². The van der Waals surface area contributed by atoms with Gasteiger partial charge in [-0.2, -0.15) is 0 Å². The number of carbonyl (C=O) groups is 2. The van der Waals surface area contributed by atoms with Crippen molar-refractivity contribution in [2.24, 2.45) is 5.92 Å². The van der Waals surface area contributed by atoms with Crippen molar-refractivity contribution in [2.45, 2.75) is 95.8 Å². The van der Waals surface area contributed by atoms with Gasteiger partial charge in [0.05, 0.1) is 16.8 Å². The lowest BCUT2D eigenvalue weighted by molar-refractivity contribution is -0.135. The van der Waals surface area contributed by atoms with Crippen molar-refractivity contribution in [2.75, 3.05) is 0 Å². The van der Waals surface area contributed by atoms with E-state index in [0.29, 0.717) is 6.54 Å². The van der Waals surface area contributed by atoms with Gasteiger partial charge >= 0.3 is 0 Å². The second kappa shape index (κ2) is 7.70. The lowest BCUT2D eigenvalue weighted by Gasteiger charge is -2.49. The van der Waals surface area contributed by atoms with E-state index in [-0.39, 0.29) is 23.9 Å². The molecule has 0 saturated heterocycles. The topological polar surface area (TPSA) is 54.3 Å². The molecule has 162 valence electrons. The largest absolute Gasteiger partial charge is 0.351 e. The molecule has 3 heterocycles. The zero-order chi connectivity index (χ0) is 20.9. The maximum absolute atomic E-state index is 13.8. The Labute approximate surface area is 182 Å². The standard InChI is InChI=1S/C24H33N3O2S/c1-16-8-10-17(11-9-16)25-23(29)24(2)15-26-19-12-13-30-21(19)14-20(26)22(28)27(24)18-6-4-3-5-7-18/h12-14,16-18H,3-11,15H2,1-2H3,(H,25,29)/t16?,17?,24-/m1/s1. The number of hydrogen-bond acceptors (Lipinski definition) is 3. The molecular weight excluding hydrogens is 394 g/mol. The molecule has 5 rings (SSSR count). The second-order valence-electron chi connectivity index (χ2n) is 9.96. The number of rotatable bonds is 3. The highest BCUT2D eigenvalue weighted by molar-refractivity contribution is 7.17. The van der Waals surface area contributed by atoms with E-state index in [1.165, 1.54) is 19.3 Å². The predicted molar refractivity (Wildman–Crippen MR) is 121 cm³/mol. The van der Waals surface area contributed by atoms with Gasteiger partial charge in [-0.05, 0) is 68.9 Å². The SMILES string of the molecule is CC1CCC(NC(=O)[C@@]2(C)Cn3c(cc4sccc43)C(=O)N2C2CCCCC2)CC1. The van der Waals surface area contributed by atoms with Gasteiger partial charge in [-0.3, -0.25) is 9.59 Å². The first-order valence-corrected chi connectivity index (χ1v) is 12.6. The van der Waals surface area contributed by atoms with E-state index in [1.54, 1.807) is 11.3 Å². The molecule has 1 atom stereocenters. The van der Waals surface area contributed by atoms with Crippen LogP contribution in [0.25, 0.3) is 10.2 Å². The quantitative estimate of drug-likeness (QED) is 0.754. The van der Waals surface area contributed by atoms with Crippen LogP contribution in [0.2, 0.25) is 0 Å². The maximum Gasteiger partial charge on any atom is 0.271 e. The molecule has 0 aromatic carbocycles. The minimum Gasteiger partial charge on any atom is -0.351 e. The van der Waals surface area contributed by atoms with Gasteiger partial charge in [0, 0.05) is 12.1 Å². The van der Waals surface area contributed by atoms with E-state index in [2.05, 4.69) is 28.3 Å². The molecular formula is C24H33N3O2S. The molecule has 0 unspecified atom stereocenters. The fourth-order valence-corrected chi connectivity index (χ4v) is 6.71. The molecule has 3 aliphatic rings. The summed E-state index contributed by atoms with van der Waals surface area (Å²) in [6.45, 7) is 4.84. The molecule has 0 spiro atoms. The highest BCUT2D eigenvalue weighted by atomic mass is 32.1. The fraction of sp³-hybridized carbons (Fsp3) is 0.667. The van der Waals surface area contributed by atoms with Crippen LogP contribution < -0.4 is 5.32 Å². The minimum absolute atomic E-state index is 0.0312. The second-order valence-corrected chi connectivity index (χ2v) is 10.9. The number of amides is 2. The van der Waals surface area contributed by atoms with Gasteiger partial charge in [-0.15, -0.1) is 11.3 Å². The molecule has 1 N–H and O–H groups in total. The normalized spacial score (nSPS) is 30.5. The molecule has 2 aliphatic carbocycles. The molecule has 0 radical (unpaired) electrons. The first-order valence-electron chi connectivity index (χ1n) is 11.7. The number of nitrogens with one attached hydrogen (secondary N) is 1. The summed E-state index contributed by atoms with van der Waals surface area (Å²) in [5.74, 6) is 0.813. The van der Waals surface area contributed by atoms with Crippen LogP contribution in [0.15, 0.2) is 17.5 Å². The predicted octanol–water partition coefficient (Wildman–Crippen LogP) is 4.94. The highest BCUT2D eigenvalue weighted by Gasteiger charge is 2.50. The third kappa shape index (κ3) is 3.28. The minimum atomic E-state index is -0.844. The molecule has 5 nitrogen and oxygen atoms in total. The van der Waals surface area contributed by atoms with Crippen molar-refractivity contribution in [3.8, 4) is 0 Å². The Bertz CT molecular complexity index is 949. The van der Waals surface area contributed by atoms with Crippen LogP contribution in [-0.2, 0) is 11.3 Å². The van der Waals surface area contributed by atoms with E-state index in [9.17, 15) is 9.59 Å². The van der Waals surface area contributed by atoms with E-state index in [4.69, 9.17) is 0 Å². The van der Waals surface area contributed by atoms with Gasteiger partial charge in [0.1, 0.15) is 11.2 Å². The lowest BCUT2D eigenvalue weighted by Crippen LogP contribution is -2.67. The van der Waals surface area contributed by atoms with E-state index in [0.717, 1.165) is 60.4 Å². The van der Waals surface area contributed by atoms with Crippen LogP contribution in [0, 0.1) is 5.92 Å². The first kappa shape index (κ1) is 20.1. The number of aromatic nitrogens is 1. The molecule has 30 heavy (non-hydrogen) atoms. The van der Waals surface area contributed by atoms with Gasteiger partial charge in [0.15, 0.2) is 0 Å². The Morgan fingerprint density at radius 2 is 1.87 bits per heavy atom. The van der Waals surface area contributed by atoms with Gasteiger partial charge < -0.3 is 14.8 Å². The number of thiophene rings is 1. The molecule has 2 aromatic heterocycles. The maximum atomic E-state index is 13.8. The van der Waals surface area contributed by atoms with Crippen LogP contribution in [0.3, 0.4) is 0 Å². The average Bonchev–Trinajstić information content (AvgIpc) is 3.33. The Morgan fingerprint density at radius 1 is 1.13 bits per heavy atom. The van der Waals surface area contributed by atoms with Gasteiger partial charge in [0.2, 0.25) is 5.91 Å². The van der Waals surface area contributed by atoms with Crippen molar-refractivity contribution in [1.82, 2.24) is 14.8 Å². The number of nitrogens with zero attached hydrogens (tertiary/aromatic N) is 2. The number of fused-ring (bicyclic) bond motifs is 3. The number of hydrogen-bond donors (Lipinski definition) is 1. The summed E-state index contributed by atoms with van der Waals surface area (Å²) in [5.41, 5.74) is 0.986. The average molecular weight is 428 g/mol. The summed E-state index contributed by atoms with van der Waals surface area (Å²) in [4.78, 5) is 29.5. The monoisotopic (exact) mass is 427 g/mol. The summed E-state index contributed by atoms with van der Waals surface area (Å²) >= 11 is 1.66. The van der Waals surface area contributed by atoms with E-state index in [1.807, 2.05) is 17.9 Å². The Kier molecular flexibility index (Phi) is 5.16. The Morgan fingerprint density at radius 3 is 2.60 bits per heavy atom. The highest BCUT2D eigenvalue weighted by Crippen LogP contribution is 2.38. The summed E-state index contributed by atoms with van der Waals surface area (Å²) in [5, 5.41) is 5.43. The Balaban J connectivity index is 1.50. The summed E-state index contributed by atoms with van der Waals surface area (Å²) < 4.78 is 3.23. The van der Waals surface area contributed by atoms with Crippen LogP contribution >= 0.6 is 11.3 Å². The molecule has 2 amide bonds. The zero-order valence-corrected chi connectivity index (χ0v) is 19.0. The third-order valence-corrected chi connectivity index (χ3v) is 8.59. The van der Waals surface area contributed by atoms with Crippen LogP contribution in [0.1, 0.15) is 82.1 Å². The van der Waals surface area contributed by atoms with Crippen molar-refractivity contribution in [1.29, 1.82) is 0 Å². The molecule has 0 bridgehead atoms. The van der Waals surface area contributed by atoms with Crippen LogP contribution in [0.4, 0.5) is 0 Å².